The molecule has 0 radical (unpaired) electrons. The summed E-state index contributed by atoms with van der Waals surface area (Å²) in [6.07, 6.45) is 2.00. The average Bonchev–Trinajstić information content (AvgIpc) is 3.39. The maximum atomic E-state index is 14.7. The summed E-state index contributed by atoms with van der Waals surface area (Å²) < 4.78 is 21.8. The van der Waals surface area contributed by atoms with Gasteiger partial charge < -0.3 is 20.1 Å². The normalized spacial score (nSPS) is 24.1. The maximum Gasteiger partial charge on any atom is 0.320 e. The zero-order valence-electron chi connectivity index (χ0n) is 17.8. The summed E-state index contributed by atoms with van der Waals surface area (Å²) in [5, 5.41) is 18.6. The summed E-state index contributed by atoms with van der Waals surface area (Å²) >= 11 is 0. The summed E-state index contributed by atoms with van der Waals surface area (Å²) in [5.41, 5.74) is 2.97. The second-order valence-electron chi connectivity index (χ2n) is 8.40. The van der Waals surface area contributed by atoms with E-state index in [-0.39, 0.29) is 18.0 Å². The number of methoxy groups -OCH3 is 1. The first-order chi connectivity index (χ1) is 15.0. The Morgan fingerprint density at radius 1 is 1.19 bits per heavy atom. The van der Waals surface area contributed by atoms with Crippen LogP contribution in [0, 0.1) is 6.92 Å². The van der Waals surface area contributed by atoms with Crippen LogP contribution in [-0.2, 0) is 0 Å². The molecule has 0 saturated carbocycles. The van der Waals surface area contributed by atoms with Crippen LogP contribution in [0.4, 0.5) is 10.2 Å². The molecule has 3 aromatic rings. The summed E-state index contributed by atoms with van der Waals surface area (Å²) in [6, 6.07) is 6.22. The second-order valence-corrected chi connectivity index (χ2v) is 8.40. The molecule has 0 spiro atoms. The van der Waals surface area contributed by atoms with Gasteiger partial charge in [-0.2, -0.15) is 15.1 Å². The summed E-state index contributed by atoms with van der Waals surface area (Å²) in [4.78, 5) is 11.0. The van der Waals surface area contributed by atoms with Crippen molar-refractivity contribution in [3.8, 4) is 11.8 Å². The third-order valence-electron chi connectivity index (χ3n) is 6.33. The molecule has 0 aliphatic carbocycles. The van der Waals surface area contributed by atoms with E-state index in [0.717, 1.165) is 41.5 Å². The Hall–Kier alpha value is -2.78. The Kier molecular flexibility index (Phi) is 5.23. The van der Waals surface area contributed by atoms with E-state index in [4.69, 9.17) is 4.74 Å². The fourth-order valence-electron chi connectivity index (χ4n) is 4.67. The lowest BCUT2D eigenvalue weighted by molar-refractivity contribution is 0.198. The molecule has 0 amide bonds. The van der Waals surface area contributed by atoms with Crippen LogP contribution in [0.25, 0.3) is 16.7 Å². The van der Waals surface area contributed by atoms with Gasteiger partial charge in [-0.3, -0.25) is 0 Å². The molecule has 164 valence electrons. The van der Waals surface area contributed by atoms with E-state index in [1.54, 1.807) is 10.9 Å². The predicted molar refractivity (Wildman–Crippen MR) is 116 cm³/mol. The number of aliphatic hydroxyl groups is 1. The van der Waals surface area contributed by atoms with Gasteiger partial charge in [-0.05, 0) is 49.6 Å². The van der Waals surface area contributed by atoms with Gasteiger partial charge in [0, 0.05) is 37.0 Å². The minimum absolute atomic E-state index is 0.129. The Bertz CT molecular complexity index is 1100. The van der Waals surface area contributed by atoms with Gasteiger partial charge in [0.15, 0.2) is 5.82 Å². The van der Waals surface area contributed by atoms with Crippen LogP contribution in [0.5, 0.6) is 6.01 Å². The van der Waals surface area contributed by atoms with E-state index in [2.05, 4.69) is 26.4 Å². The lowest BCUT2D eigenvalue weighted by Crippen LogP contribution is -2.36. The molecule has 2 N–H and O–H groups in total. The highest BCUT2D eigenvalue weighted by molar-refractivity contribution is 5.82. The monoisotopic (exact) mass is 426 g/mol. The van der Waals surface area contributed by atoms with E-state index in [9.17, 15) is 9.50 Å². The number of alkyl halides is 1. The van der Waals surface area contributed by atoms with Crippen LogP contribution in [0.3, 0.4) is 0 Å². The molecular formula is C22H27FN6O2. The molecule has 2 aliphatic heterocycles. The van der Waals surface area contributed by atoms with Gasteiger partial charge in [0.2, 0.25) is 0 Å². The Morgan fingerprint density at radius 3 is 2.77 bits per heavy atom. The molecule has 0 bridgehead atoms. The summed E-state index contributed by atoms with van der Waals surface area (Å²) in [7, 11) is 1.53. The molecule has 1 aromatic carbocycles. The number of anilines is 1. The quantitative estimate of drug-likeness (QED) is 0.661. The minimum Gasteiger partial charge on any atom is -0.467 e. The zero-order chi connectivity index (χ0) is 21.5. The lowest BCUT2D eigenvalue weighted by Gasteiger charge is -2.28. The molecule has 9 heteroatoms. The number of aryl methyl sites for hydroxylation is 1. The predicted octanol–water partition coefficient (Wildman–Crippen LogP) is 2.12. The first-order valence-electron chi connectivity index (χ1n) is 10.7. The number of halogens is 1. The highest BCUT2D eigenvalue weighted by atomic mass is 19.1. The second kappa shape index (κ2) is 8.05. The fourth-order valence-corrected chi connectivity index (χ4v) is 4.67. The number of rotatable bonds is 4. The molecule has 2 aliphatic rings. The molecule has 31 heavy (non-hydrogen) atoms. The smallest absolute Gasteiger partial charge is 0.320 e. The largest absolute Gasteiger partial charge is 0.467 e. The van der Waals surface area contributed by atoms with Crippen LogP contribution in [0.1, 0.15) is 29.9 Å². The number of hydrogen-bond acceptors (Lipinski definition) is 7. The third-order valence-corrected chi connectivity index (χ3v) is 6.33. The van der Waals surface area contributed by atoms with Crippen molar-refractivity contribution in [3.63, 3.8) is 0 Å². The lowest BCUT2D eigenvalue weighted by atomic mass is 9.85. The number of nitrogens with one attached hydrogen (secondary N) is 1. The number of fused-ring (bicyclic) bond motifs is 1. The molecule has 2 saturated heterocycles. The van der Waals surface area contributed by atoms with Crippen LogP contribution < -0.4 is 15.0 Å². The molecule has 3 atom stereocenters. The first-order valence-corrected chi connectivity index (χ1v) is 10.7. The van der Waals surface area contributed by atoms with Crippen LogP contribution in [-0.4, -0.2) is 70.4 Å². The molecule has 3 unspecified atom stereocenters. The van der Waals surface area contributed by atoms with Crippen molar-refractivity contribution in [2.24, 2.45) is 0 Å². The summed E-state index contributed by atoms with van der Waals surface area (Å²) in [6.45, 7) is 4.48. The number of ether oxygens (including phenoxy) is 1. The van der Waals surface area contributed by atoms with Crippen molar-refractivity contribution >= 4 is 16.7 Å². The third kappa shape index (κ3) is 3.72. The number of nitrogens with zero attached hydrogens (tertiary/aromatic N) is 5. The molecule has 5 rings (SSSR count). The van der Waals surface area contributed by atoms with Gasteiger partial charge in [-0.25, -0.2) is 9.07 Å². The zero-order valence-corrected chi connectivity index (χ0v) is 17.8. The molecule has 8 nitrogen and oxygen atoms in total. The Morgan fingerprint density at radius 2 is 2.03 bits per heavy atom. The van der Waals surface area contributed by atoms with Crippen molar-refractivity contribution in [1.82, 2.24) is 25.1 Å². The van der Waals surface area contributed by atoms with E-state index < -0.39 is 6.17 Å². The number of piperidine rings is 1. The van der Waals surface area contributed by atoms with Gasteiger partial charge in [-0.15, -0.1) is 0 Å². The van der Waals surface area contributed by atoms with Crippen molar-refractivity contribution in [2.45, 2.75) is 38.0 Å². The van der Waals surface area contributed by atoms with E-state index in [0.29, 0.717) is 31.1 Å². The van der Waals surface area contributed by atoms with Gasteiger partial charge in [0.05, 0.1) is 24.9 Å². The maximum absolute atomic E-state index is 14.7. The molecule has 2 fully saturated rings. The molecule has 4 heterocycles. The Balaban J connectivity index is 1.59. The van der Waals surface area contributed by atoms with Crippen molar-refractivity contribution in [2.75, 3.05) is 38.2 Å². The highest BCUT2D eigenvalue weighted by Gasteiger charge is 2.28. The SMILES string of the molecule is COc1nc(N2CCC(O)C2)cc(-n2ncc3cc(C)c(C4CCNCC4F)cc32)n1. The summed E-state index contributed by atoms with van der Waals surface area (Å²) in [5.74, 6) is 1.14. The highest BCUT2D eigenvalue weighted by Crippen LogP contribution is 2.33. The van der Waals surface area contributed by atoms with E-state index >= 15 is 0 Å². The first kappa shape index (κ1) is 20.1. The van der Waals surface area contributed by atoms with Gasteiger partial charge in [0.25, 0.3) is 0 Å². The number of hydrogen-bond donors (Lipinski definition) is 2. The van der Waals surface area contributed by atoms with Crippen molar-refractivity contribution in [3.05, 3.63) is 35.5 Å². The minimum atomic E-state index is -0.909. The number of benzene rings is 1. The molecule has 2 aromatic heterocycles. The molecular weight excluding hydrogens is 399 g/mol. The fraction of sp³-hybridized carbons (Fsp3) is 0.500. The van der Waals surface area contributed by atoms with E-state index in [1.807, 2.05) is 24.0 Å². The van der Waals surface area contributed by atoms with Crippen molar-refractivity contribution < 1.29 is 14.2 Å². The van der Waals surface area contributed by atoms with Gasteiger partial charge >= 0.3 is 6.01 Å². The standard InChI is InChI=1S/C22H27FN6O2/c1-13-7-14-10-25-29(19(14)8-17(13)16-3-5-24-11-18(16)23)21-9-20(26-22(27-21)31-2)28-6-4-15(30)12-28/h7-10,15-16,18,24,30H,3-6,11-12H2,1-2H3. The topological polar surface area (TPSA) is 88.3 Å². The van der Waals surface area contributed by atoms with Crippen LogP contribution in [0.2, 0.25) is 0 Å². The number of β-amino-alcohol motifs (C(OH)–C–C–N with tert-alkyl or cyclic N) is 1. The van der Waals surface area contributed by atoms with E-state index in [1.165, 1.54) is 7.11 Å². The number of aromatic nitrogens is 4. The Labute approximate surface area is 180 Å². The average molecular weight is 426 g/mol. The van der Waals surface area contributed by atoms with Crippen LogP contribution >= 0.6 is 0 Å². The van der Waals surface area contributed by atoms with Gasteiger partial charge in [-0.1, -0.05) is 0 Å². The van der Waals surface area contributed by atoms with Crippen LogP contribution in [0.15, 0.2) is 24.4 Å². The van der Waals surface area contributed by atoms with Gasteiger partial charge in [0.1, 0.15) is 12.0 Å². The van der Waals surface area contributed by atoms with Crippen molar-refractivity contribution in [1.29, 1.82) is 0 Å². The number of aliphatic hydroxyl groups excluding tert-OH is 1.